The highest BCUT2D eigenvalue weighted by Gasteiger charge is 2.30. The molecule has 9 nitrogen and oxygen atoms in total. The van der Waals surface area contributed by atoms with E-state index in [9.17, 15) is 13.2 Å². The summed E-state index contributed by atoms with van der Waals surface area (Å²) in [7, 11) is -2.08. The van der Waals surface area contributed by atoms with Crippen molar-refractivity contribution < 1.29 is 22.7 Å². The zero-order valence-electron chi connectivity index (χ0n) is 19.1. The monoisotopic (exact) mass is 516 g/mol. The molecule has 1 N–H and O–H groups in total. The number of benzene rings is 1. The van der Waals surface area contributed by atoms with E-state index in [-0.39, 0.29) is 34.4 Å². The highest BCUT2D eigenvalue weighted by atomic mass is 35.5. The third-order valence-electron chi connectivity index (χ3n) is 6.12. The minimum atomic E-state index is -3.59. The minimum absolute atomic E-state index is 0.0234. The van der Waals surface area contributed by atoms with Crippen LogP contribution in [0.15, 0.2) is 57.1 Å². The fourth-order valence-electron chi connectivity index (χ4n) is 4.13. The van der Waals surface area contributed by atoms with Crippen molar-refractivity contribution in [1.82, 2.24) is 14.6 Å². The van der Waals surface area contributed by atoms with Crippen molar-refractivity contribution in [1.29, 1.82) is 0 Å². The number of carbonyl (C=O) groups excluding carboxylic acids is 1. The molecule has 0 bridgehead atoms. The highest BCUT2D eigenvalue weighted by molar-refractivity contribution is 7.89. The Morgan fingerprint density at radius 2 is 2.00 bits per heavy atom. The van der Waals surface area contributed by atoms with Gasteiger partial charge in [-0.2, -0.15) is 0 Å². The Kier molecular flexibility index (Phi) is 6.52. The van der Waals surface area contributed by atoms with Crippen molar-refractivity contribution >= 4 is 33.6 Å². The van der Waals surface area contributed by atoms with Gasteiger partial charge in [0.05, 0.1) is 24.2 Å². The quantitative estimate of drug-likeness (QED) is 0.574. The predicted octanol–water partition coefficient (Wildman–Crippen LogP) is 2.75. The molecule has 35 heavy (non-hydrogen) atoms. The molecule has 1 aromatic carbocycles. The molecule has 1 atom stereocenters. The van der Waals surface area contributed by atoms with Gasteiger partial charge in [-0.1, -0.05) is 11.6 Å². The number of sulfonamides is 1. The molecule has 184 valence electrons. The van der Waals surface area contributed by atoms with Crippen LogP contribution in [0.1, 0.15) is 19.3 Å². The average Bonchev–Trinajstić information content (AvgIpc) is 3.54. The first-order valence-corrected chi connectivity index (χ1v) is 13.2. The number of methoxy groups -OCH3 is 1. The number of hydrogen-bond donors (Lipinski definition) is 1. The first-order chi connectivity index (χ1) is 16.8. The Balaban J connectivity index is 1.32. The molecule has 0 spiro atoms. The van der Waals surface area contributed by atoms with Gasteiger partial charge in [0, 0.05) is 49.1 Å². The van der Waals surface area contributed by atoms with E-state index in [0.717, 1.165) is 30.4 Å². The number of carbonyl (C=O) groups is 1. The minimum Gasteiger partial charge on any atom is -0.496 e. The third kappa shape index (κ3) is 5.19. The summed E-state index contributed by atoms with van der Waals surface area (Å²) in [6.07, 6.45) is 5.62. The van der Waals surface area contributed by atoms with Gasteiger partial charge in [0.1, 0.15) is 23.4 Å². The number of nitrogens with zero attached hydrogens (tertiary/aromatic N) is 3. The number of rotatable bonds is 8. The van der Waals surface area contributed by atoms with Gasteiger partial charge in [-0.3, -0.25) is 9.79 Å². The van der Waals surface area contributed by atoms with Crippen LogP contribution < -0.4 is 14.2 Å². The Labute approximate surface area is 208 Å². The van der Waals surface area contributed by atoms with Crippen LogP contribution in [0.3, 0.4) is 0 Å². The van der Waals surface area contributed by atoms with Crippen molar-refractivity contribution in [3.63, 3.8) is 0 Å². The molecule has 0 amide bonds. The fraction of sp³-hybridized carbons (Fsp3) is 0.375. The maximum atomic E-state index is 12.6. The van der Waals surface area contributed by atoms with Gasteiger partial charge in [-0.15, -0.1) is 0 Å². The Bertz CT molecular complexity index is 1320. The number of hydrogen-bond acceptors (Lipinski definition) is 8. The summed E-state index contributed by atoms with van der Waals surface area (Å²) in [5.41, 5.74) is 2.15. The average molecular weight is 517 g/mol. The summed E-state index contributed by atoms with van der Waals surface area (Å²) in [6.45, 7) is 1.33. The molecular formula is C24H25ClN4O5S. The zero-order chi connectivity index (χ0) is 24.6. The number of aromatic nitrogens is 1. The number of pyridine rings is 1. The highest BCUT2D eigenvalue weighted by Crippen LogP contribution is 2.34. The SMILES string of the molecule is COc1cc(S(=O)(=O)NC2CC2)ccc1-c1ccnc(O[C@@H]2CCN(C3=C(Cl)C(=O)CN=C3)C2)c1. The van der Waals surface area contributed by atoms with Crippen molar-refractivity contribution in [2.45, 2.75) is 36.3 Å². The van der Waals surface area contributed by atoms with E-state index in [4.69, 9.17) is 21.1 Å². The molecule has 5 rings (SSSR count). The van der Waals surface area contributed by atoms with Gasteiger partial charge in [0.25, 0.3) is 0 Å². The number of likely N-dealkylation sites (tertiary alicyclic amines) is 1. The van der Waals surface area contributed by atoms with Crippen LogP contribution in [0.5, 0.6) is 11.6 Å². The van der Waals surface area contributed by atoms with Crippen molar-refractivity contribution in [3.05, 3.63) is 47.3 Å². The summed E-state index contributed by atoms with van der Waals surface area (Å²) in [5, 5.41) is 0.214. The molecule has 0 radical (unpaired) electrons. The predicted molar refractivity (Wildman–Crippen MR) is 131 cm³/mol. The number of nitrogens with one attached hydrogen (secondary N) is 1. The number of ether oxygens (including phenoxy) is 2. The lowest BCUT2D eigenvalue weighted by Crippen LogP contribution is -2.28. The van der Waals surface area contributed by atoms with E-state index in [1.807, 2.05) is 11.0 Å². The molecule has 1 saturated carbocycles. The Hall–Kier alpha value is -2.95. The summed E-state index contributed by atoms with van der Waals surface area (Å²) < 4.78 is 39.5. The molecule has 2 aromatic rings. The molecule has 2 aliphatic heterocycles. The van der Waals surface area contributed by atoms with Gasteiger partial charge < -0.3 is 14.4 Å². The van der Waals surface area contributed by atoms with E-state index < -0.39 is 10.0 Å². The number of Topliss-reactive ketones (excluding diaryl/α,β-unsaturated/α-hetero) is 1. The molecule has 11 heteroatoms. The molecule has 1 saturated heterocycles. The van der Waals surface area contributed by atoms with E-state index in [0.29, 0.717) is 30.4 Å². The van der Waals surface area contributed by atoms with E-state index in [1.165, 1.54) is 13.2 Å². The van der Waals surface area contributed by atoms with Crippen LogP contribution >= 0.6 is 11.6 Å². The number of dihydropyridines is 1. The molecule has 1 aliphatic carbocycles. The van der Waals surface area contributed by atoms with Crippen LogP contribution in [0.2, 0.25) is 0 Å². The number of allylic oxidation sites excluding steroid dienone is 1. The second-order valence-electron chi connectivity index (χ2n) is 8.71. The Morgan fingerprint density at radius 3 is 2.77 bits per heavy atom. The summed E-state index contributed by atoms with van der Waals surface area (Å²) in [6, 6.07) is 8.47. The van der Waals surface area contributed by atoms with Gasteiger partial charge in [0.15, 0.2) is 5.78 Å². The standard InChI is InChI=1S/C24H25ClN4O5S/c1-33-22-11-18(35(31,32)28-16-2-3-16)4-5-19(22)15-6-8-27-23(10-15)34-17-7-9-29(14-17)20-12-26-13-21(30)24(20)25/h4-6,8,10-12,16-17,28H,2-3,7,9,13-14H2,1H3/t17-/m1/s1. The third-order valence-corrected chi connectivity index (χ3v) is 8.04. The largest absolute Gasteiger partial charge is 0.496 e. The second kappa shape index (κ2) is 9.60. The molecule has 0 unspecified atom stereocenters. The van der Waals surface area contributed by atoms with Crippen LogP contribution in [0.4, 0.5) is 0 Å². The number of ketones is 1. The van der Waals surface area contributed by atoms with Crippen LogP contribution in [0.25, 0.3) is 11.1 Å². The van der Waals surface area contributed by atoms with E-state index in [2.05, 4.69) is 14.7 Å². The normalized spacial score (nSPS) is 20.5. The van der Waals surface area contributed by atoms with Gasteiger partial charge in [-0.05, 0) is 36.6 Å². The first-order valence-electron chi connectivity index (χ1n) is 11.4. The lowest BCUT2D eigenvalue weighted by Gasteiger charge is -2.22. The Morgan fingerprint density at radius 1 is 1.17 bits per heavy atom. The second-order valence-corrected chi connectivity index (χ2v) is 10.8. The van der Waals surface area contributed by atoms with Crippen LogP contribution in [0, 0.1) is 0 Å². The maximum Gasteiger partial charge on any atom is 0.240 e. The van der Waals surface area contributed by atoms with Gasteiger partial charge in [-0.25, -0.2) is 18.1 Å². The smallest absolute Gasteiger partial charge is 0.240 e. The summed E-state index contributed by atoms with van der Waals surface area (Å²) in [5.74, 6) is 0.701. The first kappa shape index (κ1) is 23.8. The van der Waals surface area contributed by atoms with Crippen molar-refractivity contribution in [3.8, 4) is 22.8 Å². The molecule has 3 heterocycles. The fourth-order valence-corrected chi connectivity index (χ4v) is 5.67. The zero-order valence-corrected chi connectivity index (χ0v) is 20.7. The maximum absolute atomic E-state index is 12.6. The van der Waals surface area contributed by atoms with Gasteiger partial charge >= 0.3 is 0 Å². The lowest BCUT2D eigenvalue weighted by atomic mass is 10.1. The summed E-state index contributed by atoms with van der Waals surface area (Å²) >= 11 is 6.20. The topological polar surface area (TPSA) is 110 Å². The van der Waals surface area contributed by atoms with Crippen LogP contribution in [-0.2, 0) is 14.8 Å². The molecule has 3 aliphatic rings. The summed E-state index contributed by atoms with van der Waals surface area (Å²) in [4.78, 5) is 22.4. The lowest BCUT2D eigenvalue weighted by molar-refractivity contribution is -0.113. The van der Waals surface area contributed by atoms with E-state index in [1.54, 1.807) is 30.6 Å². The molecule has 2 fully saturated rings. The number of halogens is 1. The molecular weight excluding hydrogens is 492 g/mol. The number of aliphatic imine (C=N–C) groups is 1. The van der Waals surface area contributed by atoms with Crippen LogP contribution in [-0.4, -0.2) is 69.2 Å². The van der Waals surface area contributed by atoms with Crippen molar-refractivity contribution in [2.75, 3.05) is 26.7 Å². The van der Waals surface area contributed by atoms with E-state index >= 15 is 0 Å². The van der Waals surface area contributed by atoms with Gasteiger partial charge in [0.2, 0.25) is 15.9 Å². The molecule has 1 aromatic heterocycles. The van der Waals surface area contributed by atoms with Crippen molar-refractivity contribution in [2.24, 2.45) is 4.99 Å².